The molecule has 1 heterocycles. The number of ether oxygens (including phenoxy) is 1. The Kier molecular flexibility index (Phi) is 6.87. The zero-order valence-corrected chi connectivity index (χ0v) is 19.1. The molecule has 0 aliphatic carbocycles. The van der Waals surface area contributed by atoms with Crippen molar-refractivity contribution >= 4 is 11.6 Å². The molecular formula is C26H36N2O2. The Balaban J connectivity index is 1.77. The highest BCUT2D eigenvalue weighted by atomic mass is 16.5. The van der Waals surface area contributed by atoms with Gasteiger partial charge in [0, 0.05) is 51.8 Å². The summed E-state index contributed by atoms with van der Waals surface area (Å²) in [4.78, 5) is 16.5. The highest BCUT2D eigenvalue weighted by Crippen LogP contribution is 2.44. The SMILES string of the molecule is CC(=O)N(CC[C@]1(c2ccccc2)CCOC(C)(C)C1)Cc1ccc(N(C)C)cc1. The largest absolute Gasteiger partial charge is 0.378 e. The molecule has 3 rings (SSSR count). The van der Waals surface area contributed by atoms with Crippen LogP contribution in [0.25, 0.3) is 0 Å². The van der Waals surface area contributed by atoms with Gasteiger partial charge < -0.3 is 14.5 Å². The first kappa shape index (κ1) is 22.4. The predicted octanol–water partition coefficient (Wildman–Crippen LogP) is 5.02. The molecule has 0 unspecified atom stereocenters. The highest BCUT2D eigenvalue weighted by Gasteiger charge is 2.42. The maximum Gasteiger partial charge on any atom is 0.219 e. The first-order valence-electron chi connectivity index (χ1n) is 10.9. The summed E-state index contributed by atoms with van der Waals surface area (Å²) in [5.41, 5.74) is 3.57. The molecule has 0 bridgehead atoms. The van der Waals surface area contributed by atoms with Gasteiger partial charge in [0.15, 0.2) is 0 Å². The number of hydrogen-bond donors (Lipinski definition) is 0. The van der Waals surface area contributed by atoms with Crippen molar-refractivity contribution in [3.63, 3.8) is 0 Å². The van der Waals surface area contributed by atoms with E-state index in [0.29, 0.717) is 6.54 Å². The number of rotatable bonds is 7. The summed E-state index contributed by atoms with van der Waals surface area (Å²) in [5, 5.41) is 0. The zero-order valence-electron chi connectivity index (χ0n) is 19.1. The molecule has 162 valence electrons. The summed E-state index contributed by atoms with van der Waals surface area (Å²) in [7, 11) is 4.07. The zero-order chi connectivity index (χ0) is 21.8. The first-order valence-corrected chi connectivity index (χ1v) is 10.9. The third kappa shape index (κ3) is 5.42. The standard InChI is InChI=1S/C26H36N2O2/c1-21(29)28(19-22-11-13-24(14-12-22)27(4)5)17-15-26(23-9-7-6-8-10-23)16-18-30-25(2,3)20-26/h6-14H,15-20H2,1-5H3/t26-/m0/s1. The van der Waals surface area contributed by atoms with Gasteiger partial charge >= 0.3 is 0 Å². The second-order valence-electron chi connectivity index (χ2n) is 9.43. The minimum Gasteiger partial charge on any atom is -0.378 e. The van der Waals surface area contributed by atoms with Crippen molar-refractivity contribution in [3.05, 3.63) is 65.7 Å². The summed E-state index contributed by atoms with van der Waals surface area (Å²) in [6.45, 7) is 8.19. The number of hydrogen-bond acceptors (Lipinski definition) is 3. The average Bonchev–Trinajstić information content (AvgIpc) is 2.71. The summed E-state index contributed by atoms with van der Waals surface area (Å²) < 4.78 is 6.04. The maximum absolute atomic E-state index is 12.5. The average molecular weight is 409 g/mol. The minimum atomic E-state index is -0.156. The van der Waals surface area contributed by atoms with E-state index in [-0.39, 0.29) is 16.9 Å². The van der Waals surface area contributed by atoms with Crippen LogP contribution in [0.4, 0.5) is 5.69 Å². The van der Waals surface area contributed by atoms with Crippen LogP contribution in [0.3, 0.4) is 0 Å². The van der Waals surface area contributed by atoms with Crippen LogP contribution in [-0.2, 0) is 21.5 Å². The van der Waals surface area contributed by atoms with Gasteiger partial charge in [-0.05, 0) is 56.4 Å². The molecular weight excluding hydrogens is 372 g/mol. The van der Waals surface area contributed by atoms with E-state index in [1.807, 2.05) is 19.0 Å². The van der Waals surface area contributed by atoms with E-state index in [1.54, 1.807) is 6.92 Å². The Morgan fingerprint density at radius 1 is 1.03 bits per heavy atom. The van der Waals surface area contributed by atoms with E-state index in [4.69, 9.17) is 4.74 Å². The van der Waals surface area contributed by atoms with Gasteiger partial charge in [-0.15, -0.1) is 0 Å². The van der Waals surface area contributed by atoms with Gasteiger partial charge in [-0.25, -0.2) is 0 Å². The van der Waals surface area contributed by atoms with Gasteiger partial charge in [-0.2, -0.15) is 0 Å². The highest BCUT2D eigenvalue weighted by molar-refractivity contribution is 5.73. The van der Waals surface area contributed by atoms with Gasteiger partial charge in [-0.1, -0.05) is 42.5 Å². The van der Waals surface area contributed by atoms with E-state index < -0.39 is 0 Å². The summed E-state index contributed by atoms with van der Waals surface area (Å²) in [6, 6.07) is 19.2. The molecule has 0 spiro atoms. The lowest BCUT2D eigenvalue weighted by atomic mass is 9.67. The second kappa shape index (κ2) is 9.22. The molecule has 1 aliphatic heterocycles. The number of amides is 1. The Morgan fingerprint density at radius 2 is 1.70 bits per heavy atom. The van der Waals surface area contributed by atoms with Crippen LogP contribution in [0.1, 0.15) is 51.2 Å². The smallest absolute Gasteiger partial charge is 0.219 e. The Hall–Kier alpha value is -2.33. The molecule has 1 atom stereocenters. The number of nitrogens with zero attached hydrogens (tertiary/aromatic N) is 2. The van der Waals surface area contributed by atoms with Crippen molar-refractivity contribution in [1.29, 1.82) is 0 Å². The van der Waals surface area contributed by atoms with Crippen LogP contribution in [0.2, 0.25) is 0 Å². The van der Waals surface area contributed by atoms with Crippen molar-refractivity contribution in [1.82, 2.24) is 4.90 Å². The lowest BCUT2D eigenvalue weighted by Crippen LogP contribution is -2.46. The van der Waals surface area contributed by atoms with Crippen molar-refractivity contribution in [2.45, 2.75) is 57.6 Å². The number of carbonyl (C=O) groups is 1. The topological polar surface area (TPSA) is 32.8 Å². The molecule has 0 radical (unpaired) electrons. The van der Waals surface area contributed by atoms with E-state index >= 15 is 0 Å². The summed E-state index contributed by atoms with van der Waals surface area (Å²) in [6.07, 6.45) is 2.90. The number of carbonyl (C=O) groups excluding carboxylic acids is 1. The molecule has 30 heavy (non-hydrogen) atoms. The van der Waals surface area contributed by atoms with Crippen molar-refractivity contribution in [3.8, 4) is 0 Å². The molecule has 2 aromatic carbocycles. The summed E-state index contributed by atoms with van der Waals surface area (Å²) in [5.74, 6) is 0.126. The van der Waals surface area contributed by atoms with E-state index in [1.165, 1.54) is 11.3 Å². The van der Waals surface area contributed by atoms with Crippen molar-refractivity contribution in [2.24, 2.45) is 0 Å². The van der Waals surface area contributed by atoms with Crippen molar-refractivity contribution in [2.75, 3.05) is 32.1 Å². The lowest BCUT2D eigenvalue weighted by Gasteiger charge is -2.46. The van der Waals surface area contributed by atoms with Crippen molar-refractivity contribution < 1.29 is 9.53 Å². The fraction of sp³-hybridized carbons (Fsp3) is 0.500. The quantitative estimate of drug-likeness (QED) is 0.645. The van der Waals surface area contributed by atoms with Crippen LogP contribution >= 0.6 is 0 Å². The molecule has 0 saturated carbocycles. The number of benzene rings is 2. The maximum atomic E-state index is 12.5. The molecule has 4 nitrogen and oxygen atoms in total. The number of anilines is 1. The van der Waals surface area contributed by atoms with E-state index in [9.17, 15) is 4.79 Å². The second-order valence-corrected chi connectivity index (χ2v) is 9.43. The predicted molar refractivity (Wildman–Crippen MR) is 124 cm³/mol. The Labute approximate surface area is 181 Å². The normalized spacial score (nSPS) is 20.6. The molecule has 1 aliphatic rings. The molecule has 1 fully saturated rings. The van der Waals surface area contributed by atoms with Crippen LogP contribution in [0.5, 0.6) is 0 Å². The Bertz CT molecular complexity index is 830. The van der Waals surface area contributed by atoms with Gasteiger partial charge in [-0.3, -0.25) is 4.79 Å². The third-order valence-corrected chi connectivity index (χ3v) is 6.36. The van der Waals surface area contributed by atoms with Gasteiger partial charge in [0.1, 0.15) is 0 Å². The first-order chi connectivity index (χ1) is 14.2. The molecule has 1 saturated heterocycles. The van der Waals surface area contributed by atoms with Crippen LogP contribution in [0.15, 0.2) is 54.6 Å². The minimum absolute atomic E-state index is 0.0332. The molecule has 4 heteroatoms. The molecule has 0 N–H and O–H groups in total. The van der Waals surface area contributed by atoms with Crippen LogP contribution in [0, 0.1) is 0 Å². The van der Waals surface area contributed by atoms with Crippen LogP contribution in [-0.4, -0.2) is 43.7 Å². The molecule has 1 amide bonds. The third-order valence-electron chi connectivity index (χ3n) is 6.36. The molecule has 2 aromatic rings. The van der Waals surface area contributed by atoms with Gasteiger partial charge in [0.2, 0.25) is 5.91 Å². The fourth-order valence-electron chi connectivity index (χ4n) is 4.69. The lowest BCUT2D eigenvalue weighted by molar-refractivity contribution is -0.130. The van der Waals surface area contributed by atoms with E-state index in [2.05, 4.69) is 73.3 Å². The van der Waals surface area contributed by atoms with E-state index in [0.717, 1.165) is 38.0 Å². The van der Waals surface area contributed by atoms with Crippen LogP contribution < -0.4 is 4.90 Å². The van der Waals surface area contributed by atoms with Gasteiger partial charge in [0.05, 0.1) is 5.60 Å². The fourth-order valence-corrected chi connectivity index (χ4v) is 4.69. The van der Waals surface area contributed by atoms with Gasteiger partial charge in [0.25, 0.3) is 0 Å². The summed E-state index contributed by atoms with van der Waals surface area (Å²) >= 11 is 0. The Morgan fingerprint density at radius 3 is 2.27 bits per heavy atom. The molecule has 0 aromatic heterocycles. The monoisotopic (exact) mass is 408 g/mol.